The van der Waals surface area contributed by atoms with Crippen LogP contribution >= 0.6 is 35.6 Å². The number of nitrogens with zero attached hydrogens (tertiary/aromatic N) is 2. The van der Waals surface area contributed by atoms with Crippen molar-refractivity contribution in [2.24, 2.45) is 16.3 Å². The maximum Gasteiger partial charge on any atom is 0.191 e. The van der Waals surface area contributed by atoms with Gasteiger partial charge in [0.25, 0.3) is 0 Å². The van der Waals surface area contributed by atoms with Crippen molar-refractivity contribution in [3.8, 4) is 5.75 Å². The van der Waals surface area contributed by atoms with Crippen molar-refractivity contribution in [2.75, 3.05) is 38.8 Å². The maximum atomic E-state index is 6.23. The van der Waals surface area contributed by atoms with Gasteiger partial charge in [0.1, 0.15) is 5.75 Å². The molecule has 4 unspecified atom stereocenters. The van der Waals surface area contributed by atoms with Crippen LogP contribution < -0.4 is 20.3 Å². The van der Waals surface area contributed by atoms with E-state index in [0.29, 0.717) is 29.5 Å². The molecule has 2 saturated carbocycles. The smallest absolute Gasteiger partial charge is 0.191 e. The summed E-state index contributed by atoms with van der Waals surface area (Å²) in [5, 5.41) is 8.18. The molecule has 2 saturated heterocycles. The van der Waals surface area contributed by atoms with E-state index in [4.69, 9.17) is 21.1 Å². The number of fused-ring (bicyclic) bond motifs is 2. The van der Waals surface area contributed by atoms with E-state index in [0.717, 1.165) is 48.5 Å². The zero-order valence-corrected chi connectivity index (χ0v) is 20.8. The number of hydrogen-bond acceptors (Lipinski definition) is 4. The molecule has 166 valence electrons. The van der Waals surface area contributed by atoms with Crippen molar-refractivity contribution >= 4 is 47.2 Å². The molecular weight excluding hydrogens is 515 g/mol. The van der Waals surface area contributed by atoms with Crippen molar-refractivity contribution in [3.05, 3.63) is 23.2 Å². The summed E-state index contributed by atoms with van der Waals surface area (Å²) in [5.74, 6) is 2.44. The normalized spacial score (nSPS) is 31.4. The van der Waals surface area contributed by atoms with Gasteiger partial charge in [-0.2, -0.15) is 0 Å². The van der Waals surface area contributed by atoms with E-state index >= 15 is 0 Å². The molecule has 4 atom stereocenters. The highest BCUT2D eigenvalue weighted by Crippen LogP contribution is 2.62. The fourth-order valence-corrected chi connectivity index (χ4v) is 6.14. The zero-order chi connectivity index (χ0) is 20.0. The van der Waals surface area contributed by atoms with Gasteiger partial charge in [-0.25, -0.2) is 0 Å². The van der Waals surface area contributed by atoms with E-state index in [1.165, 1.54) is 25.7 Å². The molecule has 1 aromatic carbocycles. The van der Waals surface area contributed by atoms with Crippen LogP contribution in [0.15, 0.2) is 23.2 Å². The lowest BCUT2D eigenvalue weighted by molar-refractivity contribution is -0.171. The monoisotopic (exact) mass is 546 g/mol. The maximum absolute atomic E-state index is 6.23. The highest BCUT2D eigenvalue weighted by atomic mass is 127. The lowest BCUT2D eigenvalue weighted by Gasteiger charge is -2.63. The Morgan fingerprint density at radius 2 is 2.13 bits per heavy atom. The third kappa shape index (κ3) is 3.64. The van der Waals surface area contributed by atoms with Crippen molar-refractivity contribution in [1.82, 2.24) is 10.6 Å². The molecule has 2 aliphatic carbocycles. The summed E-state index contributed by atoms with van der Waals surface area (Å²) in [6.07, 6.45) is 6.61. The average Bonchev–Trinajstić information content (AvgIpc) is 3.32. The Morgan fingerprint density at radius 1 is 1.30 bits per heavy atom. The Bertz CT molecular complexity index is 803. The van der Waals surface area contributed by atoms with Crippen LogP contribution in [-0.4, -0.2) is 58.0 Å². The molecule has 4 aliphatic rings. The molecule has 0 bridgehead atoms. The fourth-order valence-electron chi connectivity index (χ4n) is 5.97. The molecule has 5 rings (SSSR count). The minimum atomic E-state index is 0. The van der Waals surface area contributed by atoms with Crippen LogP contribution in [0, 0.1) is 11.3 Å². The van der Waals surface area contributed by atoms with Crippen LogP contribution in [0.3, 0.4) is 0 Å². The number of guanidine groups is 1. The molecule has 6 nitrogen and oxygen atoms in total. The largest absolute Gasteiger partial charge is 0.495 e. The van der Waals surface area contributed by atoms with Crippen LogP contribution in [0.1, 0.15) is 32.1 Å². The second-order valence-electron chi connectivity index (χ2n) is 8.92. The number of benzene rings is 1. The highest BCUT2D eigenvalue weighted by molar-refractivity contribution is 14.0. The van der Waals surface area contributed by atoms with Crippen LogP contribution in [0.25, 0.3) is 0 Å². The number of nitrogens with one attached hydrogen (secondary N) is 2. The van der Waals surface area contributed by atoms with Crippen LogP contribution in [0.5, 0.6) is 5.75 Å². The molecular formula is C22H32ClIN4O2. The predicted molar refractivity (Wildman–Crippen MR) is 132 cm³/mol. The number of rotatable bonds is 4. The summed E-state index contributed by atoms with van der Waals surface area (Å²) in [5.41, 5.74) is 1.42. The van der Waals surface area contributed by atoms with Gasteiger partial charge >= 0.3 is 0 Å². The van der Waals surface area contributed by atoms with E-state index in [-0.39, 0.29) is 24.0 Å². The lowest BCUT2D eigenvalue weighted by Crippen LogP contribution is -2.72. The number of hydrogen-bond donors (Lipinski definition) is 2. The summed E-state index contributed by atoms with van der Waals surface area (Å²) in [4.78, 5) is 6.89. The van der Waals surface area contributed by atoms with E-state index in [2.05, 4.69) is 20.5 Å². The quantitative estimate of drug-likeness (QED) is 0.343. The van der Waals surface area contributed by atoms with E-state index in [1.807, 2.05) is 25.2 Å². The molecule has 4 fully saturated rings. The molecule has 0 amide bonds. The van der Waals surface area contributed by atoms with E-state index < -0.39 is 0 Å². The Balaban J connectivity index is 0.00000218. The molecule has 2 N–H and O–H groups in total. The number of methoxy groups -OCH3 is 1. The average molecular weight is 547 g/mol. The molecule has 0 radical (unpaired) electrons. The highest BCUT2D eigenvalue weighted by Gasteiger charge is 2.66. The van der Waals surface area contributed by atoms with Gasteiger partial charge in [0, 0.05) is 55.2 Å². The number of aliphatic imine (C=N–C) groups is 1. The van der Waals surface area contributed by atoms with Crippen LogP contribution in [0.4, 0.5) is 5.69 Å². The van der Waals surface area contributed by atoms with Gasteiger partial charge < -0.3 is 25.0 Å². The Morgan fingerprint density at radius 3 is 2.83 bits per heavy atom. The number of ether oxygens (including phenoxy) is 2. The Labute approximate surface area is 201 Å². The van der Waals surface area contributed by atoms with Gasteiger partial charge in [0.2, 0.25) is 0 Å². The first kappa shape index (κ1) is 22.3. The van der Waals surface area contributed by atoms with E-state index in [1.54, 1.807) is 7.11 Å². The topological polar surface area (TPSA) is 58.1 Å². The molecule has 2 aliphatic heterocycles. The first-order valence-electron chi connectivity index (χ1n) is 10.8. The first-order valence-corrected chi connectivity index (χ1v) is 11.2. The minimum Gasteiger partial charge on any atom is -0.495 e. The van der Waals surface area contributed by atoms with Gasteiger partial charge in [0.05, 0.1) is 18.9 Å². The van der Waals surface area contributed by atoms with Gasteiger partial charge in [-0.3, -0.25) is 4.99 Å². The summed E-state index contributed by atoms with van der Waals surface area (Å²) >= 11 is 6.23. The number of halogens is 2. The number of anilines is 1. The van der Waals surface area contributed by atoms with Crippen molar-refractivity contribution < 1.29 is 9.47 Å². The molecule has 0 aromatic heterocycles. The second kappa shape index (κ2) is 8.90. The molecule has 8 heteroatoms. The third-order valence-corrected chi connectivity index (χ3v) is 7.80. The standard InChI is InChI=1S/C22H31ClN4O2.HI/c1-24-21(26-19-16-7-11-29-20(16)22(19)8-3-9-22)25-15-6-10-27(13-15)17-12-14(23)4-5-18(17)28-2;/h4-5,12,15-16,19-20H,3,6-11,13H2,1-2H3,(H2,24,25,26);1H. The van der Waals surface area contributed by atoms with Crippen LogP contribution in [-0.2, 0) is 4.74 Å². The zero-order valence-electron chi connectivity index (χ0n) is 17.7. The fraction of sp³-hybridized carbons (Fsp3) is 0.682. The van der Waals surface area contributed by atoms with Gasteiger partial charge in [0.15, 0.2) is 5.96 Å². The van der Waals surface area contributed by atoms with E-state index in [9.17, 15) is 0 Å². The Hall–Kier alpha value is -0.930. The van der Waals surface area contributed by atoms with Crippen LogP contribution in [0.2, 0.25) is 5.02 Å². The summed E-state index contributed by atoms with van der Waals surface area (Å²) in [7, 11) is 3.58. The molecule has 2 heterocycles. The SMILES string of the molecule is CN=C(NC1CCN(c2cc(Cl)ccc2OC)C1)NC1C2CCOC2C12CCC2.I. The third-order valence-electron chi connectivity index (χ3n) is 7.56. The molecule has 1 spiro atoms. The minimum absolute atomic E-state index is 0. The van der Waals surface area contributed by atoms with Gasteiger partial charge in [-0.1, -0.05) is 18.0 Å². The summed E-state index contributed by atoms with van der Waals surface area (Å²) in [6.45, 7) is 2.79. The molecule has 1 aromatic rings. The van der Waals surface area contributed by atoms with Crippen molar-refractivity contribution in [3.63, 3.8) is 0 Å². The predicted octanol–water partition coefficient (Wildman–Crippen LogP) is 3.67. The van der Waals surface area contributed by atoms with Gasteiger partial charge in [-0.05, 0) is 43.9 Å². The summed E-state index contributed by atoms with van der Waals surface area (Å²) < 4.78 is 11.6. The second-order valence-corrected chi connectivity index (χ2v) is 9.35. The van der Waals surface area contributed by atoms with Crippen molar-refractivity contribution in [1.29, 1.82) is 0 Å². The van der Waals surface area contributed by atoms with Crippen molar-refractivity contribution in [2.45, 2.75) is 50.3 Å². The lowest BCUT2D eigenvalue weighted by atomic mass is 9.46. The Kier molecular flexibility index (Phi) is 6.61. The van der Waals surface area contributed by atoms with Gasteiger partial charge in [-0.15, -0.1) is 24.0 Å². The first-order chi connectivity index (χ1) is 14.1. The summed E-state index contributed by atoms with van der Waals surface area (Å²) in [6, 6.07) is 6.65. The molecule has 30 heavy (non-hydrogen) atoms.